The third-order valence-electron chi connectivity index (χ3n) is 4.67. The molecular weight excluding hydrogens is 312 g/mol. The number of ether oxygens (including phenoxy) is 1. The van der Waals surface area contributed by atoms with Crippen LogP contribution in [0.15, 0.2) is 36.5 Å². The second-order valence-corrected chi connectivity index (χ2v) is 7.86. The van der Waals surface area contributed by atoms with Crippen LogP contribution in [0.5, 0.6) is 0 Å². The number of aromatic amines is 1. The van der Waals surface area contributed by atoms with Gasteiger partial charge in [-0.05, 0) is 18.0 Å². The molecule has 5 nitrogen and oxygen atoms in total. The van der Waals surface area contributed by atoms with E-state index in [-0.39, 0.29) is 5.41 Å². The van der Waals surface area contributed by atoms with Crippen LogP contribution in [0.1, 0.15) is 19.4 Å². The Morgan fingerprint density at radius 1 is 1.20 bits per heavy atom. The lowest BCUT2D eigenvalue weighted by Gasteiger charge is -2.37. The Bertz CT molecular complexity index is 647. The third-order valence-corrected chi connectivity index (χ3v) is 4.67. The third kappa shape index (κ3) is 5.14. The molecule has 3 rings (SSSR count). The molecule has 0 atom stereocenters. The molecule has 0 aliphatic carbocycles. The quantitative estimate of drug-likeness (QED) is 0.840. The van der Waals surface area contributed by atoms with Crippen molar-refractivity contribution in [2.24, 2.45) is 5.41 Å². The largest absolute Gasteiger partial charge is 0.379 e. The summed E-state index contributed by atoms with van der Waals surface area (Å²) in [5.41, 5.74) is 3.80. The van der Waals surface area contributed by atoms with Crippen molar-refractivity contribution in [2.45, 2.75) is 20.4 Å². The number of nitrogens with one attached hydrogen (secondary N) is 1. The molecule has 1 aliphatic rings. The van der Waals surface area contributed by atoms with E-state index >= 15 is 0 Å². The van der Waals surface area contributed by atoms with Crippen molar-refractivity contribution in [3.05, 3.63) is 42.1 Å². The van der Waals surface area contributed by atoms with Crippen molar-refractivity contribution >= 4 is 0 Å². The van der Waals surface area contributed by atoms with Crippen LogP contribution in [0.3, 0.4) is 0 Å². The first-order valence-corrected chi connectivity index (χ1v) is 9.10. The highest BCUT2D eigenvalue weighted by atomic mass is 16.5. The number of hydrogen-bond donors (Lipinski definition) is 1. The summed E-state index contributed by atoms with van der Waals surface area (Å²) in [5, 5.41) is 7.43. The van der Waals surface area contributed by atoms with Gasteiger partial charge in [-0.3, -0.25) is 10.00 Å². The summed E-state index contributed by atoms with van der Waals surface area (Å²) < 4.78 is 5.46. The van der Waals surface area contributed by atoms with Gasteiger partial charge in [0.05, 0.1) is 25.1 Å². The van der Waals surface area contributed by atoms with Gasteiger partial charge >= 0.3 is 0 Å². The fourth-order valence-corrected chi connectivity index (χ4v) is 3.78. The van der Waals surface area contributed by atoms with Gasteiger partial charge in [0.2, 0.25) is 0 Å². The molecule has 25 heavy (non-hydrogen) atoms. The zero-order chi connectivity index (χ0) is 17.7. The van der Waals surface area contributed by atoms with Crippen LogP contribution in [0, 0.1) is 5.41 Å². The molecule has 0 saturated carbocycles. The van der Waals surface area contributed by atoms with E-state index in [0.717, 1.165) is 51.6 Å². The highest BCUT2D eigenvalue weighted by Gasteiger charge is 2.25. The van der Waals surface area contributed by atoms with Crippen LogP contribution in [0.4, 0.5) is 0 Å². The first-order valence-electron chi connectivity index (χ1n) is 9.10. The van der Waals surface area contributed by atoms with Crippen LogP contribution in [-0.4, -0.2) is 66.4 Å². The molecule has 0 radical (unpaired) electrons. The molecule has 2 heterocycles. The van der Waals surface area contributed by atoms with E-state index in [1.807, 2.05) is 12.3 Å². The second-order valence-electron chi connectivity index (χ2n) is 7.86. The van der Waals surface area contributed by atoms with Gasteiger partial charge in [-0.2, -0.15) is 5.10 Å². The number of aromatic nitrogens is 2. The molecule has 1 aromatic carbocycles. The smallest absolute Gasteiger partial charge is 0.0695 e. The summed E-state index contributed by atoms with van der Waals surface area (Å²) in [6.45, 7) is 11.6. The molecule has 1 aliphatic heterocycles. The Morgan fingerprint density at radius 3 is 2.64 bits per heavy atom. The van der Waals surface area contributed by atoms with Crippen LogP contribution in [0.25, 0.3) is 11.3 Å². The van der Waals surface area contributed by atoms with Gasteiger partial charge in [0.25, 0.3) is 0 Å². The van der Waals surface area contributed by atoms with E-state index < -0.39 is 0 Å². The zero-order valence-electron chi connectivity index (χ0n) is 15.7. The number of nitrogens with zero attached hydrogens (tertiary/aromatic N) is 3. The minimum absolute atomic E-state index is 0.239. The Morgan fingerprint density at radius 2 is 1.92 bits per heavy atom. The number of H-pyrrole nitrogens is 1. The Hall–Kier alpha value is -1.69. The number of hydrogen-bond acceptors (Lipinski definition) is 4. The molecule has 2 aromatic rings. The van der Waals surface area contributed by atoms with Gasteiger partial charge in [-0.25, -0.2) is 0 Å². The molecule has 1 N–H and O–H groups in total. The predicted octanol–water partition coefficient (Wildman–Crippen LogP) is 2.87. The lowest BCUT2D eigenvalue weighted by atomic mass is 9.91. The normalized spacial score (nSPS) is 16.5. The Kier molecular flexibility index (Phi) is 5.89. The molecule has 1 aromatic heterocycles. The van der Waals surface area contributed by atoms with Crippen molar-refractivity contribution in [3.63, 3.8) is 0 Å². The van der Waals surface area contributed by atoms with E-state index in [4.69, 9.17) is 4.74 Å². The van der Waals surface area contributed by atoms with E-state index in [0.29, 0.717) is 0 Å². The maximum Gasteiger partial charge on any atom is 0.0695 e. The minimum Gasteiger partial charge on any atom is -0.379 e. The number of rotatable bonds is 7. The summed E-state index contributed by atoms with van der Waals surface area (Å²) in [4.78, 5) is 4.92. The first kappa shape index (κ1) is 18.1. The molecule has 0 bridgehead atoms. The van der Waals surface area contributed by atoms with Crippen molar-refractivity contribution in [2.75, 3.05) is 46.4 Å². The average Bonchev–Trinajstić information content (AvgIpc) is 3.03. The maximum absolute atomic E-state index is 5.46. The molecule has 0 unspecified atom stereocenters. The molecule has 1 fully saturated rings. The van der Waals surface area contributed by atoms with Crippen LogP contribution in [0.2, 0.25) is 0 Å². The standard InChI is InChI=1S/C20H30N4O/c1-20(2,16-24-9-11-25-12-10-24)15-23(3)14-18-13-21-22-19(18)17-7-5-4-6-8-17/h4-8,13H,9-12,14-16H2,1-3H3,(H,21,22). The van der Waals surface area contributed by atoms with Crippen molar-refractivity contribution < 1.29 is 4.74 Å². The van der Waals surface area contributed by atoms with Gasteiger partial charge < -0.3 is 9.64 Å². The molecular formula is C20H30N4O. The van der Waals surface area contributed by atoms with Gasteiger partial charge in [-0.15, -0.1) is 0 Å². The minimum atomic E-state index is 0.239. The van der Waals surface area contributed by atoms with Crippen LogP contribution >= 0.6 is 0 Å². The summed E-state index contributed by atoms with van der Waals surface area (Å²) in [5.74, 6) is 0. The van der Waals surface area contributed by atoms with E-state index in [1.54, 1.807) is 0 Å². The topological polar surface area (TPSA) is 44.4 Å². The van der Waals surface area contributed by atoms with E-state index in [9.17, 15) is 0 Å². The Labute approximate surface area is 151 Å². The molecule has 5 heteroatoms. The van der Waals surface area contributed by atoms with Crippen molar-refractivity contribution in [1.82, 2.24) is 20.0 Å². The molecule has 0 amide bonds. The van der Waals surface area contributed by atoms with Gasteiger partial charge in [0.1, 0.15) is 0 Å². The fraction of sp³-hybridized carbons (Fsp3) is 0.550. The van der Waals surface area contributed by atoms with Gasteiger partial charge in [0.15, 0.2) is 0 Å². The SMILES string of the molecule is CN(Cc1cn[nH]c1-c1ccccc1)CC(C)(C)CN1CCOCC1. The van der Waals surface area contributed by atoms with E-state index in [2.05, 4.69) is 65.2 Å². The first-order chi connectivity index (χ1) is 12.0. The fourth-order valence-electron chi connectivity index (χ4n) is 3.78. The summed E-state index contributed by atoms with van der Waals surface area (Å²) in [7, 11) is 2.20. The average molecular weight is 342 g/mol. The highest BCUT2D eigenvalue weighted by Crippen LogP contribution is 2.24. The van der Waals surface area contributed by atoms with Gasteiger partial charge in [-0.1, -0.05) is 44.2 Å². The van der Waals surface area contributed by atoms with Crippen molar-refractivity contribution in [1.29, 1.82) is 0 Å². The summed E-state index contributed by atoms with van der Waals surface area (Å²) in [6.07, 6.45) is 1.95. The predicted molar refractivity (Wildman–Crippen MR) is 101 cm³/mol. The number of benzene rings is 1. The second kappa shape index (κ2) is 8.13. The van der Waals surface area contributed by atoms with Crippen LogP contribution in [-0.2, 0) is 11.3 Å². The molecule has 1 saturated heterocycles. The number of morpholine rings is 1. The zero-order valence-corrected chi connectivity index (χ0v) is 15.7. The van der Waals surface area contributed by atoms with Gasteiger partial charge in [0, 0.05) is 38.3 Å². The molecule has 0 spiro atoms. The highest BCUT2D eigenvalue weighted by molar-refractivity contribution is 5.62. The maximum atomic E-state index is 5.46. The monoisotopic (exact) mass is 342 g/mol. The van der Waals surface area contributed by atoms with Crippen LogP contribution < -0.4 is 0 Å². The summed E-state index contributed by atoms with van der Waals surface area (Å²) in [6, 6.07) is 10.4. The lowest BCUT2D eigenvalue weighted by Crippen LogP contribution is -2.45. The Balaban J connectivity index is 1.59. The molecule has 136 valence electrons. The lowest BCUT2D eigenvalue weighted by molar-refractivity contribution is 0.0161. The van der Waals surface area contributed by atoms with Crippen molar-refractivity contribution in [3.8, 4) is 11.3 Å². The van der Waals surface area contributed by atoms with E-state index in [1.165, 1.54) is 11.1 Å². The summed E-state index contributed by atoms with van der Waals surface area (Å²) >= 11 is 0.